The van der Waals surface area contributed by atoms with E-state index in [4.69, 9.17) is 0 Å². The lowest BCUT2D eigenvalue weighted by Gasteiger charge is -1.94. The van der Waals surface area contributed by atoms with Crippen molar-refractivity contribution >= 4 is 6.47 Å². The van der Waals surface area contributed by atoms with E-state index in [0.717, 1.165) is 6.47 Å². The molecule has 1 rings (SSSR count). The number of benzene rings is 1. The summed E-state index contributed by atoms with van der Waals surface area (Å²) in [7, 11) is 0. The Morgan fingerprint density at radius 2 is 2.10 bits per heavy atom. The maximum atomic E-state index is 12.5. The van der Waals surface area contributed by atoms with Crippen molar-refractivity contribution in [1.82, 2.24) is 0 Å². The van der Waals surface area contributed by atoms with Gasteiger partial charge in [0.25, 0.3) is 0 Å². The number of ether oxygens (including phenoxy) is 1. The molecule has 1 aromatic rings. The fourth-order valence-corrected chi connectivity index (χ4v) is 0.572. The van der Waals surface area contributed by atoms with Gasteiger partial charge < -0.3 is 4.74 Å². The number of para-hydroxylation sites is 1. The van der Waals surface area contributed by atoms with Crippen molar-refractivity contribution in [3.05, 3.63) is 30.1 Å². The summed E-state index contributed by atoms with van der Waals surface area (Å²) < 4.78 is 16.6. The topological polar surface area (TPSA) is 26.3 Å². The largest absolute Gasteiger partial charge is 0.423 e. The van der Waals surface area contributed by atoms with Crippen molar-refractivity contribution in [3.63, 3.8) is 0 Å². The molecule has 10 heavy (non-hydrogen) atoms. The maximum Gasteiger partial charge on any atom is 0.423 e. The van der Waals surface area contributed by atoms with Crippen LogP contribution in [0.25, 0.3) is 0 Å². The van der Waals surface area contributed by atoms with E-state index in [2.05, 4.69) is 4.74 Å². The Labute approximate surface area is 57.2 Å². The lowest BCUT2D eigenvalue weighted by Crippen LogP contribution is -1.90. The van der Waals surface area contributed by atoms with Gasteiger partial charge in [-0.2, -0.15) is 0 Å². The Bertz CT molecular complexity index is 235. The molecule has 1 aromatic carbocycles. The molecule has 0 aliphatic heterocycles. The highest BCUT2D eigenvalue weighted by atomic mass is 19.1. The molecule has 0 unspecified atom stereocenters. The molecule has 0 saturated carbocycles. The second-order valence-corrected chi connectivity index (χ2v) is 1.62. The van der Waals surface area contributed by atoms with Crippen LogP contribution >= 0.6 is 0 Å². The van der Waals surface area contributed by atoms with Gasteiger partial charge in [-0.25, -0.2) is 9.18 Å². The van der Waals surface area contributed by atoms with E-state index >= 15 is 0 Å². The Morgan fingerprint density at radius 3 is 2.70 bits per heavy atom. The molecule has 2 nitrogen and oxygen atoms in total. The van der Waals surface area contributed by atoms with Crippen molar-refractivity contribution in [2.45, 2.75) is 0 Å². The summed E-state index contributed by atoms with van der Waals surface area (Å²) in [5.74, 6) is -0.664. The lowest BCUT2D eigenvalue weighted by molar-refractivity contribution is 0.423. The standard InChI is InChI=1S/C7H4FO2/c8-6-3-1-2-4-7(6)10-5-9/h1-4H. The highest BCUT2D eigenvalue weighted by Crippen LogP contribution is 2.13. The third-order valence-corrected chi connectivity index (χ3v) is 0.988. The molecule has 0 aliphatic rings. The van der Waals surface area contributed by atoms with Crippen LogP contribution in [0.4, 0.5) is 4.39 Å². The van der Waals surface area contributed by atoms with E-state index in [1.807, 2.05) is 0 Å². The van der Waals surface area contributed by atoms with Gasteiger partial charge in [0.05, 0.1) is 0 Å². The average Bonchev–Trinajstić information content (AvgIpc) is 1.94. The lowest BCUT2D eigenvalue weighted by atomic mass is 10.3. The highest BCUT2D eigenvalue weighted by molar-refractivity contribution is 5.45. The molecular weight excluding hydrogens is 135 g/mol. The smallest absolute Gasteiger partial charge is 0.415 e. The van der Waals surface area contributed by atoms with Crippen molar-refractivity contribution in [1.29, 1.82) is 0 Å². The molecule has 1 radical (unpaired) electrons. The Morgan fingerprint density at radius 1 is 1.40 bits per heavy atom. The number of carbonyl (C=O) groups excluding carboxylic acids is 1. The Hall–Kier alpha value is -1.38. The number of rotatable bonds is 2. The quantitative estimate of drug-likeness (QED) is 0.616. The summed E-state index contributed by atoms with van der Waals surface area (Å²) in [6.07, 6.45) is 0. The Kier molecular flexibility index (Phi) is 1.99. The predicted octanol–water partition coefficient (Wildman–Crippen LogP) is 1.27. The van der Waals surface area contributed by atoms with E-state index in [1.54, 1.807) is 6.07 Å². The highest BCUT2D eigenvalue weighted by Gasteiger charge is 1.98. The second kappa shape index (κ2) is 2.96. The predicted molar refractivity (Wildman–Crippen MR) is 32.7 cm³/mol. The summed E-state index contributed by atoms with van der Waals surface area (Å²) in [6, 6.07) is 5.62. The van der Waals surface area contributed by atoms with Gasteiger partial charge in [-0.3, -0.25) is 0 Å². The first kappa shape index (κ1) is 6.74. The zero-order chi connectivity index (χ0) is 7.40. The van der Waals surface area contributed by atoms with Gasteiger partial charge in [0.15, 0.2) is 11.6 Å². The van der Waals surface area contributed by atoms with Crippen molar-refractivity contribution < 1.29 is 13.9 Å². The third-order valence-electron chi connectivity index (χ3n) is 0.988. The van der Waals surface area contributed by atoms with E-state index in [0.29, 0.717) is 0 Å². The summed E-state index contributed by atoms with van der Waals surface area (Å²) in [5.41, 5.74) is 0. The molecule has 0 atom stereocenters. The number of halogens is 1. The maximum absolute atomic E-state index is 12.5. The van der Waals surface area contributed by atoms with Crippen LogP contribution in [0.15, 0.2) is 24.3 Å². The van der Waals surface area contributed by atoms with Gasteiger partial charge in [-0.05, 0) is 12.1 Å². The van der Waals surface area contributed by atoms with Gasteiger partial charge in [-0.15, -0.1) is 0 Å². The molecule has 0 saturated heterocycles. The van der Waals surface area contributed by atoms with Crippen molar-refractivity contribution in [2.24, 2.45) is 0 Å². The molecule has 3 heteroatoms. The van der Waals surface area contributed by atoms with Crippen LogP contribution in [-0.4, -0.2) is 6.47 Å². The van der Waals surface area contributed by atoms with E-state index in [9.17, 15) is 9.18 Å². The summed E-state index contributed by atoms with van der Waals surface area (Å²) in [4.78, 5) is 9.61. The SMILES string of the molecule is O=[C]Oc1ccccc1F. The minimum atomic E-state index is -0.564. The molecule has 0 N–H and O–H groups in total. The number of hydrogen-bond acceptors (Lipinski definition) is 2. The molecule has 0 fully saturated rings. The van der Waals surface area contributed by atoms with E-state index < -0.39 is 5.82 Å². The van der Waals surface area contributed by atoms with Crippen LogP contribution in [0, 0.1) is 5.82 Å². The van der Waals surface area contributed by atoms with Crippen molar-refractivity contribution in [2.75, 3.05) is 0 Å². The van der Waals surface area contributed by atoms with E-state index in [-0.39, 0.29) is 5.75 Å². The van der Waals surface area contributed by atoms with Gasteiger partial charge >= 0.3 is 6.47 Å². The molecule has 51 valence electrons. The normalized spacial score (nSPS) is 8.90. The fraction of sp³-hybridized carbons (Fsp3) is 0. The van der Waals surface area contributed by atoms with Gasteiger partial charge in [0.2, 0.25) is 0 Å². The molecule has 0 heterocycles. The average molecular weight is 139 g/mol. The molecule has 0 spiro atoms. The zero-order valence-corrected chi connectivity index (χ0v) is 5.00. The molecular formula is C7H4FO2. The molecule has 0 aromatic heterocycles. The molecule has 0 amide bonds. The first-order chi connectivity index (χ1) is 4.84. The molecule has 0 bridgehead atoms. The van der Waals surface area contributed by atoms with Crippen molar-refractivity contribution in [3.8, 4) is 5.75 Å². The van der Waals surface area contributed by atoms with Crippen LogP contribution in [-0.2, 0) is 4.79 Å². The minimum absolute atomic E-state index is 0.0995. The summed E-state index contributed by atoms with van der Waals surface area (Å²) in [5, 5.41) is 0. The first-order valence-corrected chi connectivity index (χ1v) is 2.63. The zero-order valence-electron chi connectivity index (χ0n) is 5.00. The summed E-state index contributed by atoms with van der Waals surface area (Å²) >= 11 is 0. The van der Waals surface area contributed by atoms with Gasteiger partial charge in [-0.1, -0.05) is 12.1 Å². The van der Waals surface area contributed by atoms with Crippen LogP contribution in [0.1, 0.15) is 0 Å². The Balaban J connectivity index is 2.91. The van der Waals surface area contributed by atoms with Crippen LogP contribution in [0.2, 0.25) is 0 Å². The minimum Gasteiger partial charge on any atom is -0.415 e. The van der Waals surface area contributed by atoms with Crippen LogP contribution in [0.5, 0.6) is 5.75 Å². The molecule has 0 aliphatic carbocycles. The van der Waals surface area contributed by atoms with E-state index in [1.165, 1.54) is 18.2 Å². The van der Waals surface area contributed by atoms with Crippen LogP contribution in [0.3, 0.4) is 0 Å². The van der Waals surface area contributed by atoms with Gasteiger partial charge in [0, 0.05) is 0 Å². The first-order valence-electron chi connectivity index (χ1n) is 2.63. The monoisotopic (exact) mass is 139 g/mol. The summed E-state index contributed by atoms with van der Waals surface area (Å²) in [6.45, 7) is 1.13. The fourth-order valence-electron chi connectivity index (χ4n) is 0.572. The third kappa shape index (κ3) is 1.31. The van der Waals surface area contributed by atoms with Crippen LogP contribution < -0.4 is 4.74 Å². The second-order valence-electron chi connectivity index (χ2n) is 1.62. The number of hydrogen-bond donors (Lipinski definition) is 0. The van der Waals surface area contributed by atoms with Gasteiger partial charge in [0.1, 0.15) is 0 Å².